The molecule has 0 fully saturated rings. The normalized spacial score (nSPS) is 11.2. The summed E-state index contributed by atoms with van der Waals surface area (Å²) >= 11 is 6.58. The van der Waals surface area contributed by atoms with E-state index in [1.165, 1.54) is 0 Å². The third-order valence-electron chi connectivity index (χ3n) is 4.54. The number of phenolic OH excluding ortho intramolecular Hbond substituents is 1. The van der Waals surface area contributed by atoms with Crippen LogP contribution in [0.2, 0.25) is 5.02 Å². The Morgan fingerprint density at radius 3 is 2.37 bits per heavy atom. The van der Waals surface area contributed by atoms with Gasteiger partial charge in [0.05, 0.1) is 13.0 Å². The van der Waals surface area contributed by atoms with Crippen molar-refractivity contribution in [3.8, 4) is 11.5 Å². The Bertz CT molecular complexity index is 815. The first-order valence-electron chi connectivity index (χ1n) is 9.24. The number of nitrogens with two attached hydrogens (primary N) is 1. The maximum absolute atomic E-state index is 10.9. The number of carbonyl (C=O) groups excluding carboxylic acids is 1. The van der Waals surface area contributed by atoms with Gasteiger partial charge < -0.3 is 15.6 Å². The van der Waals surface area contributed by atoms with Gasteiger partial charge in [-0.3, -0.25) is 4.79 Å². The van der Waals surface area contributed by atoms with Crippen molar-refractivity contribution >= 4 is 17.5 Å². The summed E-state index contributed by atoms with van der Waals surface area (Å²) in [7, 11) is 0. The standard InChI is InChI=1S/C22H28ClNO3/c1-13(2)17-11-16(27-8-7-22(24)26)12-20(23)19(17)10-15-5-6-21(25)18(9-15)14(3)4/h5-6,9,11-14,25H,7-8,10H2,1-4H3,(H2,24,26). The van der Waals surface area contributed by atoms with E-state index in [1.807, 2.05) is 18.2 Å². The highest BCUT2D eigenvalue weighted by Gasteiger charge is 2.15. The average Bonchev–Trinajstić information content (AvgIpc) is 2.57. The first kappa shape index (κ1) is 21.1. The van der Waals surface area contributed by atoms with Crippen LogP contribution in [-0.4, -0.2) is 17.6 Å². The number of amides is 1. The van der Waals surface area contributed by atoms with E-state index in [1.54, 1.807) is 12.1 Å². The number of benzene rings is 2. The molecule has 4 nitrogen and oxygen atoms in total. The van der Waals surface area contributed by atoms with Crippen LogP contribution >= 0.6 is 11.6 Å². The minimum absolute atomic E-state index is 0.169. The molecule has 0 aromatic heterocycles. The number of halogens is 1. The highest BCUT2D eigenvalue weighted by atomic mass is 35.5. The Kier molecular flexibility index (Phi) is 7.14. The molecule has 0 spiro atoms. The second-order valence-corrected chi connectivity index (χ2v) is 7.82. The molecule has 1 amide bonds. The predicted molar refractivity (Wildman–Crippen MR) is 110 cm³/mol. The van der Waals surface area contributed by atoms with Crippen LogP contribution in [-0.2, 0) is 11.2 Å². The highest BCUT2D eigenvalue weighted by Crippen LogP contribution is 2.34. The number of carbonyl (C=O) groups is 1. The Labute approximate surface area is 166 Å². The molecular formula is C22H28ClNO3. The van der Waals surface area contributed by atoms with Gasteiger partial charge in [-0.25, -0.2) is 0 Å². The smallest absolute Gasteiger partial charge is 0.220 e. The number of phenols is 1. The Balaban J connectivity index is 2.33. The fraction of sp³-hybridized carbons (Fsp3) is 0.409. The third-order valence-corrected chi connectivity index (χ3v) is 4.87. The van der Waals surface area contributed by atoms with Gasteiger partial charge >= 0.3 is 0 Å². The summed E-state index contributed by atoms with van der Waals surface area (Å²) < 4.78 is 5.64. The molecule has 2 rings (SSSR count). The summed E-state index contributed by atoms with van der Waals surface area (Å²) in [6, 6.07) is 9.48. The van der Waals surface area contributed by atoms with Crippen molar-refractivity contribution in [2.24, 2.45) is 5.73 Å². The zero-order chi connectivity index (χ0) is 20.1. The molecule has 0 heterocycles. The largest absolute Gasteiger partial charge is 0.508 e. The lowest BCUT2D eigenvalue weighted by Crippen LogP contribution is -2.14. The van der Waals surface area contributed by atoms with Gasteiger partial charge in [-0.15, -0.1) is 0 Å². The molecule has 0 radical (unpaired) electrons. The molecule has 146 valence electrons. The molecule has 0 aliphatic rings. The van der Waals surface area contributed by atoms with Crippen molar-refractivity contribution < 1.29 is 14.6 Å². The molecule has 5 heteroatoms. The van der Waals surface area contributed by atoms with E-state index in [-0.39, 0.29) is 24.9 Å². The van der Waals surface area contributed by atoms with Gasteiger partial charge in [0, 0.05) is 5.02 Å². The van der Waals surface area contributed by atoms with Crippen LogP contribution in [0.3, 0.4) is 0 Å². The van der Waals surface area contributed by atoms with E-state index >= 15 is 0 Å². The maximum atomic E-state index is 10.9. The highest BCUT2D eigenvalue weighted by molar-refractivity contribution is 6.31. The third kappa shape index (κ3) is 5.64. The lowest BCUT2D eigenvalue weighted by molar-refractivity contribution is -0.118. The van der Waals surface area contributed by atoms with Gasteiger partial charge in [-0.2, -0.15) is 0 Å². The maximum Gasteiger partial charge on any atom is 0.220 e. The summed E-state index contributed by atoms with van der Waals surface area (Å²) in [5, 5.41) is 10.7. The van der Waals surface area contributed by atoms with Crippen LogP contribution in [0.1, 0.15) is 68.2 Å². The SMILES string of the molecule is CC(C)c1cc(Cc2c(Cl)cc(OCCC(N)=O)cc2C(C)C)ccc1O. The molecule has 0 saturated heterocycles. The number of primary amides is 1. The second-order valence-electron chi connectivity index (χ2n) is 7.42. The second kappa shape index (κ2) is 9.14. The molecule has 0 atom stereocenters. The number of rotatable bonds is 8. The molecule has 0 aliphatic carbocycles. The molecule has 0 aliphatic heterocycles. The topological polar surface area (TPSA) is 72.5 Å². The summed E-state index contributed by atoms with van der Waals surface area (Å²) in [6.07, 6.45) is 0.843. The summed E-state index contributed by atoms with van der Waals surface area (Å²) in [6.45, 7) is 8.57. The van der Waals surface area contributed by atoms with Gasteiger partial charge in [0.1, 0.15) is 11.5 Å². The molecule has 3 N–H and O–H groups in total. The van der Waals surface area contributed by atoms with Crippen molar-refractivity contribution in [1.29, 1.82) is 0 Å². The number of aromatic hydroxyl groups is 1. The van der Waals surface area contributed by atoms with E-state index in [4.69, 9.17) is 22.1 Å². The van der Waals surface area contributed by atoms with Gasteiger partial charge in [0.2, 0.25) is 5.91 Å². The van der Waals surface area contributed by atoms with Crippen molar-refractivity contribution in [2.75, 3.05) is 6.61 Å². The molecule has 0 saturated carbocycles. The summed E-state index contributed by atoms with van der Waals surface area (Å²) in [4.78, 5) is 10.9. The molecule has 0 unspecified atom stereocenters. The number of hydrogen-bond acceptors (Lipinski definition) is 3. The average molecular weight is 390 g/mol. The quantitative estimate of drug-likeness (QED) is 0.656. The first-order valence-corrected chi connectivity index (χ1v) is 9.62. The Morgan fingerprint density at radius 1 is 1.11 bits per heavy atom. The molecule has 27 heavy (non-hydrogen) atoms. The molecular weight excluding hydrogens is 362 g/mol. The predicted octanol–water partition coefficient (Wildman–Crippen LogP) is 5.14. The van der Waals surface area contributed by atoms with Crippen molar-refractivity contribution in [3.05, 3.63) is 57.6 Å². The van der Waals surface area contributed by atoms with E-state index in [2.05, 4.69) is 27.7 Å². The van der Waals surface area contributed by atoms with Gasteiger partial charge in [0.25, 0.3) is 0 Å². The number of ether oxygens (including phenoxy) is 1. The Morgan fingerprint density at radius 2 is 1.78 bits per heavy atom. The van der Waals surface area contributed by atoms with Gasteiger partial charge in [0.15, 0.2) is 0 Å². The van der Waals surface area contributed by atoms with Crippen LogP contribution in [0.5, 0.6) is 11.5 Å². The fourth-order valence-electron chi connectivity index (χ4n) is 3.07. The lowest BCUT2D eigenvalue weighted by atomic mass is 9.91. The fourth-order valence-corrected chi connectivity index (χ4v) is 3.35. The minimum Gasteiger partial charge on any atom is -0.508 e. The number of hydrogen-bond donors (Lipinski definition) is 2. The van der Waals surface area contributed by atoms with Crippen LogP contribution in [0.4, 0.5) is 0 Å². The summed E-state index contributed by atoms with van der Waals surface area (Å²) in [5.41, 5.74) is 9.34. The monoisotopic (exact) mass is 389 g/mol. The zero-order valence-corrected chi connectivity index (χ0v) is 17.1. The molecule has 2 aromatic carbocycles. The van der Waals surface area contributed by atoms with Crippen LogP contribution in [0, 0.1) is 0 Å². The minimum atomic E-state index is -0.393. The Hall–Kier alpha value is -2.20. The van der Waals surface area contributed by atoms with Crippen molar-refractivity contribution in [1.82, 2.24) is 0 Å². The first-order chi connectivity index (χ1) is 12.7. The van der Waals surface area contributed by atoms with Crippen LogP contribution in [0.25, 0.3) is 0 Å². The van der Waals surface area contributed by atoms with E-state index in [9.17, 15) is 9.90 Å². The van der Waals surface area contributed by atoms with Gasteiger partial charge in [-0.1, -0.05) is 51.4 Å². The lowest BCUT2D eigenvalue weighted by Gasteiger charge is -2.18. The summed E-state index contributed by atoms with van der Waals surface area (Å²) in [5.74, 6) is 1.07. The van der Waals surface area contributed by atoms with E-state index in [0.29, 0.717) is 22.9 Å². The van der Waals surface area contributed by atoms with Crippen LogP contribution in [0.15, 0.2) is 30.3 Å². The van der Waals surface area contributed by atoms with Crippen molar-refractivity contribution in [2.45, 2.75) is 52.4 Å². The van der Waals surface area contributed by atoms with E-state index < -0.39 is 5.91 Å². The van der Waals surface area contributed by atoms with Gasteiger partial charge in [-0.05, 0) is 58.7 Å². The molecule has 0 bridgehead atoms. The van der Waals surface area contributed by atoms with Crippen LogP contribution < -0.4 is 10.5 Å². The van der Waals surface area contributed by atoms with Crippen molar-refractivity contribution in [3.63, 3.8) is 0 Å². The zero-order valence-electron chi connectivity index (χ0n) is 16.4. The van der Waals surface area contributed by atoms with E-state index in [0.717, 1.165) is 22.3 Å². The molecule has 2 aromatic rings.